The van der Waals surface area contributed by atoms with Crippen molar-refractivity contribution in [2.45, 2.75) is 18.3 Å². The van der Waals surface area contributed by atoms with Gasteiger partial charge in [-0.2, -0.15) is 0 Å². The molecule has 1 spiro atoms. The lowest BCUT2D eigenvalue weighted by Gasteiger charge is -2.32. The first-order chi connectivity index (χ1) is 15.3. The minimum Gasteiger partial charge on any atom is -0.304 e. The van der Waals surface area contributed by atoms with Gasteiger partial charge >= 0.3 is 0 Å². The average Bonchev–Trinajstić information content (AvgIpc) is 3.12. The summed E-state index contributed by atoms with van der Waals surface area (Å²) in [4.78, 5) is 27.5. The van der Waals surface area contributed by atoms with Crippen molar-refractivity contribution < 1.29 is 18.0 Å². The SMILES string of the molecule is Cc1cccc(CN2C(=O)C3(c4ccccc42)N(c2ccc(Cl)cc2)C(=O)CS3(=O)=O)c1. The fourth-order valence-electron chi connectivity index (χ4n) is 4.63. The van der Waals surface area contributed by atoms with Gasteiger partial charge in [0.25, 0.3) is 10.8 Å². The van der Waals surface area contributed by atoms with Gasteiger partial charge < -0.3 is 4.90 Å². The Morgan fingerprint density at radius 2 is 1.69 bits per heavy atom. The molecule has 1 saturated heterocycles. The molecule has 0 bridgehead atoms. The second-order valence-electron chi connectivity index (χ2n) is 8.01. The Balaban J connectivity index is 1.73. The van der Waals surface area contributed by atoms with Gasteiger partial charge in [-0.15, -0.1) is 0 Å². The van der Waals surface area contributed by atoms with E-state index in [2.05, 4.69) is 0 Å². The van der Waals surface area contributed by atoms with Gasteiger partial charge in [-0.3, -0.25) is 14.5 Å². The number of anilines is 2. The number of fused-ring (bicyclic) bond motifs is 2. The minimum atomic E-state index is -4.19. The maximum Gasteiger partial charge on any atom is 0.274 e. The van der Waals surface area contributed by atoms with Gasteiger partial charge in [-0.1, -0.05) is 59.6 Å². The summed E-state index contributed by atoms with van der Waals surface area (Å²) in [5.74, 6) is -2.04. The predicted molar refractivity (Wildman–Crippen MR) is 123 cm³/mol. The van der Waals surface area contributed by atoms with Crippen LogP contribution in [0.5, 0.6) is 0 Å². The van der Waals surface area contributed by atoms with E-state index in [0.29, 0.717) is 22.0 Å². The molecular formula is C24H19ClN2O4S. The van der Waals surface area contributed by atoms with Crippen LogP contribution in [0.1, 0.15) is 16.7 Å². The second-order valence-corrected chi connectivity index (χ2v) is 10.6. The van der Waals surface area contributed by atoms with Gasteiger partial charge in [0.2, 0.25) is 5.91 Å². The molecule has 1 fully saturated rings. The first kappa shape index (κ1) is 20.7. The fraction of sp³-hybridized carbons (Fsp3) is 0.167. The molecule has 0 N–H and O–H groups in total. The summed E-state index contributed by atoms with van der Waals surface area (Å²) in [5, 5.41) is 0.441. The Kier molecular flexibility index (Phi) is 4.65. The van der Waals surface area contributed by atoms with E-state index in [1.54, 1.807) is 48.5 Å². The number of sulfone groups is 1. The monoisotopic (exact) mass is 466 g/mol. The molecule has 0 aliphatic carbocycles. The molecule has 162 valence electrons. The number of amides is 2. The molecule has 2 aliphatic heterocycles. The van der Waals surface area contributed by atoms with E-state index in [9.17, 15) is 18.0 Å². The van der Waals surface area contributed by atoms with Gasteiger partial charge in [0.1, 0.15) is 5.75 Å². The molecule has 2 amide bonds. The highest BCUT2D eigenvalue weighted by molar-refractivity contribution is 7.94. The topological polar surface area (TPSA) is 74.8 Å². The summed E-state index contributed by atoms with van der Waals surface area (Å²) in [6, 6.07) is 20.7. The summed E-state index contributed by atoms with van der Waals surface area (Å²) in [6.45, 7) is 2.14. The van der Waals surface area contributed by atoms with Crippen LogP contribution in [0.15, 0.2) is 72.8 Å². The number of aryl methyl sites for hydroxylation is 1. The molecule has 8 heteroatoms. The molecule has 0 aromatic heterocycles. The predicted octanol–water partition coefficient (Wildman–Crippen LogP) is 3.81. The van der Waals surface area contributed by atoms with Crippen molar-refractivity contribution in [2.75, 3.05) is 15.6 Å². The maximum atomic E-state index is 14.0. The van der Waals surface area contributed by atoms with Crippen LogP contribution < -0.4 is 9.80 Å². The second kappa shape index (κ2) is 7.18. The first-order valence-electron chi connectivity index (χ1n) is 10.0. The normalized spacial score (nSPS) is 21.4. The lowest BCUT2D eigenvalue weighted by Crippen LogP contribution is -2.54. The molecule has 32 heavy (non-hydrogen) atoms. The smallest absolute Gasteiger partial charge is 0.274 e. The highest BCUT2D eigenvalue weighted by Crippen LogP contribution is 2.52. The molecule has 3 aromatic carbocycles. The first-order valence-corrected chi connectivity index (χ1v) is 12.1. The molecule has 3 aromatic rings. The Labute approximate surface area is 190 Å². The zero-order chi connectivity index (χ0) is 22.7. The van der Waals surface area contributed by atoms with Gasteiger partial charge in [0.05, 0.1) is 12.2 Å². The Morgan fingerprint density at radius 3 is 2.41 bits per heavy atom. The number of hydrogen-bond donors (Lipinski definition) is 0. The van der Waals surface area contributed by atoms with E-state index in [1.807, 2.05) is 31.2 Å². The number of para-hydroxylation sites is 1. The minimum absolute atomic E-state index is 0.192. The maximum absolute atomic E-state index is 14.0. The average molecular weight is 467 g/mol. The zero-order valence-electron chi connectivity index (χ0n) is 17.2. The summed E-state index contributed by atoms with van der Waals surface area (Å²) < 4.78 is 27.1. The highest BCUT2D eigenvalue weighted by atomic mass is 35.5. The number of hydrogen-bond acceptors (Lipinski definition) is 4. The molecule has 1 unspecified atom stereocenters. The third-order valence-corrected chi connectivity index (χ3v) is 8.29. The quantitative estimate of drug-likeness (QED) is 0.588. The van der Waals surface area contributed by atoms with E-state index in [1.165, 1.54) is 4.90 Å². The van der Waals surface area contributed by atoms with Crippen LogP contribution in [-0.4, -0.2) is 26.0 Å². The molecule has 0 radical (unpaired) electrons. The van der Waals surface area contributed by atoms with E-state index < -0.39 is 32.3 Å². The molecule has 6 nitrogen and oxygen atoms in total. The van der Waals surface area contributed by atoms with Gasteiger partial charge in [-0.25, -0.2) is 8.42 Å². The van der Waals surface area contributed by atoms with Crippen molar-refractivity contribution >= 4 is 44.6 Å². The Morgan fingerprint density at radius 1 is 0.969 bits per heavy atom. The number of nitrogens with zero attached hydrogens (tertiary/aromatic N) is 2. The summed E-state index contributed by atoms with van der Waals surface area (Å²) in [6.07, 6.45) is 0. The Hall–Kier alpha value is -3.16. The molecule has 2 heterocycles. The molecule has 5 rings (SSSR count). The standard InChI is InChI=1S/C24H19ClN2O4S/c1-16-5-4-6-17(13-16)14-26-21-8-3-2-7-20(21)24(23(26)29)27(22(28)15-32(24,30)31)19-11-9-18(25)10-12-19/h2-13H,14-15H2,1H3. The van der Waals surface area contributed by atoms with Crippen LogP contribution in [0.2, 0.25) is 5.02 Å². The van der Waals surface area contributed by atoms with E-state index in [0.717, 1.165) is 16.0 Å². The van der Waals surface area contributed by atoms with Crippen molar-refractivity contribution in [1.82, 2.24) is 0 Å². The number of rotatable bonds is 3. The van der Waals surface area contributed by atoms with Crippen LogP contribution in [-0.2, 0) is 30.8 Å². The van der Waals surface area contributed by atoms with Crippen LogP contribution in [0.3, 0.4) is 0 Å². The van der Waals surface area contributed by atoms with Crippen LogP contribution in [0, 0.1) is 6.92 Å². The summed E-state index contributed by atoms with van der Waals surface area (Å²) >= 11 is 6.00. The van der Waals surface area contributed by atoms with Crippen molar-refractivity contribution in [3.8, 4) is 0 Å². The van der Waals surface area contributed by atoms with E-state index >= 15 is 0 Å². The Bertz CT molecular complexity index is 1370. The molecule has 2 aliphatic rings. The molecule has 1 atom stereocenters. The number of carbonyl (C=O) groups excluding carboxylic acids is 2. The van der Waals surface area contributed by atoms with Gasteiger partial charge in [0.15, 0.2) is 9.84 Å². The highest BCUT2D eigenvalue weighted by Gasteiger charge is 2.69. The summed E-state index contributed by atoms with van der Waals surface area (Å²) in [7, 11) is -4.19. The largest absolute Gasteiger partial charge is 0.304 e. The van der Waals surface area contributed by atoms with Crippen LogP contribution in [0.25, 0.3) is 0 Å². The molecule has 0 saturated carbocycles. The number of carbonyl (C=O) groups is 2. The molecular weight excluding hydrogens is 448 g/mol. The third kappa shape index (κ3) is 2.81. The van der Waals surface area contributed by atoms with Crippen molar-refractivity contribution in [1.29, 1.82) is 0 Å². The van der Waals surface area contributed by atoms with E-state index in [4.69, 9.17) is 11.6 Å². The van der Waals surface area contributed by atoms with Gasteiger partial charge in [0, 0.05) is 16.3 Å². The number of benzene rings is 3. The fourth-order valence-corrected chi connectivity index (χ4v) is 6.79. The van der Waals surface area contributed by atoms with E-state index in [-0.39, 0.29) is 6.54 Å². The van der Waals surface area contributed by atoms with Crippen molar-refractivity contribution in [3.05, 3.63) is 94.5 Å². The lowest BCUT2D eigenvalue weighted by molar-refractivity contribution is -0.123. The van der Waals surface area contributed by atoms with Crippen LogP contribution in [0.4, 0.5) is 11.4 Å². The zero-order valence-corrected chi connectivity index (χ0v) is 18.7. The third-order valence-electron chi connectivity index (χ3n) is 5.93. The van der Waals surface area contributed by atoms with Gasteiger partial charge in [-0.05, 0) is 42.8 Å². The van der Waals surface area contributed by atoms with Crippen molar-refractivity contribution in [2.24, 2.45) is 0 Å². The lowest BCUT2D eigenvalue weighted by atomic mass is 10.0. The summed E-state index contributed by atoms with van der Waals surface area (Å²) in [5.41, 5.74) is 2.98. The van der Waals surface area contributed by atoms with Crippen LogP contribution >= 0.6 is 11.6 Å². The van der Waals surface area contributed by atoms with Crippen molar-refractivity contribution in [3.63, 3.8) is 0 Å². The number of halogens is 1.